The molecule has 6 nitrogen and oxygen atoms in total. The topological polar surface area (TPSA) is 71.3 Å². The average molecular weight is 465 g/mol. The molecule has 174 valence electrons. The highest BCUT2D eigenvalue weighted by Gasteiger charge is 2.26. The number of rotatable bonds is 9. The van der Waals surface area contributed by atoms with Crippen molar-refractivity contribution in [1.29, 1.82) is 0 Å². The van der Waals surface area contributed by atoms with Crippen molar-refractivity contribution in [1.82, 2.24) is 20.4 Å². The predicted octanol–water partition coefficient (Wildman–Crippen LogP) is 4.62. The largest absolute Gasteiger partial charge is 0.355 e. The third-order valence-electron chi connectivity index (χ3n) is 5.91. The molecule has 0 spiro atoms. The highest BCUT2D eigenvalue weighted by atomic mass is 32.2. The zero-order valence-electron chi connectivity index (χ0n) is 19.4. The lowest BCUT2D eigenvalue weighted by Crippen LogP contribution is -2.43. The summed E-state index contributed by atoms with van der Waals surface area (Å²) in [6, 6.07) is 16.7. The third kappa shape index (κ3) is 6.92. The Morgan fingerprint density at radius 2 is 2.03 bits per heavy atom. The number of carbonyl (C=O) groups is 1. The van der Waals surface area contributed by atoms with Crippen LogP contribution in [0.4, 0.5) is 0 Å². The summed E-state index contributed by atoms with van der Waals surface area (Å²) in [4.78, 5) is 19.5. The van der Waals surface area contributed by atoms with Gasteiger partial charge in [0.2, 0.25) is 17.6 Å². The number of likely N-dealkylation sites (tertiary alicyclic amines) is 1. The second-order valence-electron chi connectivity index (χ2n) is 8.78. The molecule has 2 heterocycles. The van der Waals surface area contributed by atoms with Crippen molar-refractivity contribution in [3.63, 3.8) is 0 Å². The maximum atomic E-state index is 12.7. The zero-order chi connectivity index (χ0) is 23.0. The van der Waals surface area contributed by atoms with Crippen LogP contribution in [0.15, 0.2) is 53.1 Å². The molecule has 7 heteroatoms. The van der Waals surface area contributed by atoms with E-state index in [0.29, 0.717) is 24.8 Å². The van der Waals surface area contributed by atoms with E-state index < -0.39 is 0 Å². The van der Waals surface area contributed by atoms with Gasteiger partial charge in [0, 0.05) is 30.2 Å². The number of hydrogen-bond acceptors (Lipinski definition) is 6. The van der Waals surface area contributed by atoms with Crippen LogP contribution < -0.4 is 5.32 Å². The van der Waals surface area contributed by atoms with E-state index in [1.807, 2.05) is 36.9 Å². The van der Waals surface area contributed by atoms with Crippen molar-refractivity contribution >= 4 is 17.7 Å². The standard InChI is InChI=1S/C26H32N4O2S/c1-19-8-10-21(11-9-19)18-33-14-12-27-26(31)23-7-4-13-30(16-23)17-24-28-25(29-32-24)22-6-3-5-20(2)15-22/h3,5-6,8-11,15,23H,4,7,12-14,16-18H2,1-2H3,(H,27,31). The minimum Gasteiger partial charge on any atom is -0.355 e. The lowest BCUT2D eigenvalue weighted by atomic mass is 9.97. The van der Waals surface area contributed by atoms with Crippen LogP contribution in [-0.4, -0.2) is 46.3 Å². The number of aromatic nitrogens is 2. The fourth-order valence-electron chi connectivity index (χ4n) is 4.09. The van der Waals surface area contributed by atoms with Gasteiger partial charge < -0.3 is 9.84 Å². The summed E-state index contributed by atoms with van der Waals surface area (Å²) in [5.74, 6) is 3.27. The van der Waals surface area contributed by atoms with Crippen LogP contribution in [0, 0.1) is 19.8 Å². The summed E-state index contributed by atoms with van der Waals surface area (Å²) in [5, 5.41) is 7.26. The first-order valence-corrected chi connectivity index (χ1v) is 12.8. The monoisotopic (exact) mass is 464 g/mol. The van der Waals surface area contributed by atoms with Crippen LogP contribution >= 0.6 is 11.8 Å². The second kappa shape index (κ2) is 11.5. The van der Waals surface area contributed by atoms with E-state index in [1.165, 1.54) is 11.1 Å². The number of benzene rings is 2. The Bertz CT molecular complexity index is 1050. The molecule has 0 bridgehead atoms. The van der Waals surface area contributed by atoms with E-state index in [4.69, 9.17) is 4.52 Å². The van der Waals surface area contributed by atoms with Gasteiger partial charge in [0.15, 0.2) is 0 Å². The van der Waals surface area contributed by atoms with Crippen molar-refractivity contribution in [3.05, 3.63) is 71.1 Å². The van der Waals surface area contributed by atoms with E-state index in [9.17, 15) is 4.79 Å². The maximum Gasteiger partial charge on any atom is 0.241 e. The Labute approximate surface area is 200 Å². The number of piperidine rings is 1. The quantitative estimate of drug-likeness (QED) is 0.466. The molecule has 1 amide bonds. The summed E-state index contributed by atoms with van der Waals surface area (Å²) in [5.41, 5.74) is 4.73. The fourth-order valence-corrected chi connectivity index (χ4v) is 4.91. The number of thioether (sulfide) groups is 1. The highest BCUT2D eigenvalue weighted by molar-refractivity contribution is 7.98. The van der Waals surface area contributed by atoms with Crippen molar-refractivity contribution in [3.8, 4) is 11.4 Å². The minimum atomic E-state index is 0.0139. The number of nitrogens with one attached hydrogen (secondary N) is 1. The number of amides is 1. The molecule has 1 N–H and O–H groups in total. The van der Waals surface area contributed by atoms with Gasteiger partial charge in [0.05, 0.1) is 12.5 Å². The molecule has 0 saturated carbocycles. The molecule has 3 aromatic rings. The first kappa shape index (κ1) is 23.5. The SMILES string of the molecule is Cc1ccc(CSCCNC(=O)C2CCCN(Cc3nc(-c4cccc(C)c4)no3)C2)cc1. The molecule has 1 aliphatic heterocycles. The molecule has 1 aromatic heterocycles. The van der Waals surface area contributed by atoms with E-state index in [0.717, 1.165) is 48.6 Å². The summed E-state index contributed by atoms with van der Waals surface area (Å²) >= 11 is 1.85. The molecule has 1 unspecified atom stereocenters. The van der Waals surface area contributed by atoms with Gasteiger partial charge in [-0.05, 0) is 44.9 Å². The molecule has 1 fully saturated rings. The van der Waals surface area contributed by atoms with Crippen LogP contribution in [0.1, 0.15) is 35.4 Å². The molecular formula is C26H32N4O2S. The molecule has 1 aliphatic rings. The van der Waals surface area contributed by atoms with Crippen molar-refractivity contribution in [2.24, 2.45) is 5.92 Å². The van der Waals surface area contributed by atoms with Crippen molar-refractivity contribution in [2.45, 2.75) is 39.0 Å². The van der Waals surface area contributed by atoms with E-state index in [-0.39, 0.29) is 11.8 Å². The summed E-state index contributed by atoms with van der Waals surface area (Å²) < 4.78 is 5.49. The normalized spacial score (nSPS) is 16.6. The van der Waals surface area contributed by atoms with E-state index in [2.05, 4.69) is 57.6 Å². The minimum absolute atomic E-state index is 0.0139. The molecule has 4 rings (SSSR count). The van der Waals surface area contributed by atoms with E-state index >= 15 is 0 Å². The van der Waals surface area contributed by atoms with Gasteiger partial charge in [-0.25, -0.2) is 0 Å². The van der Waals surface area contributed by atoms with Crippen molar-refractivity contribution in [2.75, 3.05) is 25.4 Å². The van der Waals surface area contributed by atoms with Crippen LogP contribution in [0.5, 0.6) is 0 Å². The van der Waals surface area contributed by atoms with Crippen LogP contribution in [-0.2, 0) is 17.1 Å². The molecule has 0 radical (unpaired) electrons. The number of nitrogens with zero attached hydrogens (tertiary/aromatic N) is 3. The average Bonchev–Trinajstić information content (AvgIpc) is 3.28. The second-order valence-corrected chi connectivity index (χ2v) is 9.89. The Hall–Kier alpha value is -2.64. The number of hydrogen-bond donors (Lipinski definition) is 1. The van der Waals surface area contributed by atoms with E-state index in [1.54, 1.807) is 0 Å². The maximum absolute atomic E-state index is 12.7. The van der Waals surface area contributed by atoms with Gasteiger partial charge in [0.1, 0.15) is 0 Å². The van der Waals surface area contributed by atoms with Gasteiger partial charge in [-0.1, -0.05) is 58.7 Å². The molecule has 2 aromatic carbocycles. The van der Waals surface area contributed by atoms with Crippen LogP contribution in [0.25, 0.3) is 11.4 Å². The summed E-state index contributed by atoms with van der Waals surface area (Å²) in [6.07, 6.45) is 1.93. The van der Waals surface area contributed by atoms with Gasteiger partial charge in [-0.3, -0.25) is 9.69 Å². The number of carbonyl (C=O) groups excluding carboxylic acids is 1. The van der Waals surface area contributed by atoms with Crippen LogP contribution in [0.3, 0.4) is 0 Å². The van der Waals surface area contributed by atoms with Crippen molar-refractivity contribution < 1.29 is 9.32 Å². The van der Waals surface area contributed by atoms with Gasteiger partial charge >= 0.3 is 0 Å². The van der Waals surface area contributed by atoms with Gasteiger partial charge in [-0.2, -0.15) is 16.7 Å². The molecule has 33 heavy (non-hydrogen) atoms. The molecule has 1 saturated heterocycles. The zero-order valence-corrected chi connectivity index (χ0v) is 20.2. The Kier molecular flexibility index (Phi) is 8.18. The third-order valence-corrected chi connectivity index (χ3v) is 6.94. The number of aryl methyl sites for hydroxylation is 2. The summed E-state index contributed by atoms with van der Waals surface area (Å²) in [7, 11) is 0. The predicted molar refractivity (Wildman–Crippen MR) is 133 cm³/mol. The lowest BCUT2D eigenvalue weighted by Gasteiger charge is -2.30. The molecule has 0 aliphatic carbocycles. The molecule has 1 atom stereocenters. The first-order chi connectivity index (χ1) is 16.1. The fraction of sp³-hybridized carbons (Fsp3) is 0.423. The van der Waals surface area contributed by atoms with Gasteiger partial charge in [-0.15, -0.1) is 0 Å². The first-order valence-electron chi connectivity index (χ1n) is 11.6. The molecular weight excluding hydrogens is 432 g/mol. The highest BCUT2D eigenvalue weighted by Crippen LogP contribution is 2.21. The van der Waals surface area contributed by atoms with Crippen LogP contribution in [0.2, 0.25) is 0 Å². The summed E-state index contributed by atoms with van der Waals surface area (Å²) in [6.45, 7) is 7.10. The Balaban J connectivity index is 1.19. The lowest BCUT2D eigenvalue weighted by molar-refractivity contribution is -0.126. The van der Waals surface area contributed by atoms with Gasteiger partial charge in [0.25, 0.3) is 0 Å². The Morgan fingerprint density at radius 1 is 1.18 bits per heavy atom. The smallest absolute Gasteiger partial charge is 0.241 e. The Morgan fingerprint density at radius 3 is 2.85 bits per heavy atom.